The number of hydrogen-bond acceptors (Lipinski definition) is 1. The molecule has 0 amide bonds. The van der Waals surface area contributed by atoms with Crippen LogP contribution in [0.2, 0.25) is 5.02 Å². The van der Waals surface area contributed by atoms with Gasteiger partial charge in [0.1, 0.15) is 4.71 Å². The van der Waals surface area contributed by atoms with E-state index < -0.39 is 4.87 Å². The molecule has 0 bridgehead atoms. The molecule has 3 unspecified atom stereocenters. The van der Waals surface area contributed by atoms with Crippen molar-refractivity contribution >= 4 is 46.6 Å². The molecule has 1 aliphatic heterocycles. The predicted octanol–water partition coefficient (Wildman–Crippen LogP) is 4.50. The lowest BCUT2D eigenvalue weighted by atomic mass is 10.00. The van der Waals surface area contributed by atoms with E-state index >= 15 is 0 Å². The van der Waals surface area contributed by atoms with E-state index in [9.17, 15) is 0 Å². The second kappa shape index (κ2) is 3.79. The van der Waals surface area contributed by atoms with E-state index in [1.807, 2.05) is 24.3 Å². The maximum atomic E-state index is 6.20. The second-order valence-corrected chi connectivity index (χ2v) is 6.36. The molecule has 1 heterocycles. The third-order valence-electron chi connectivity index (χ3n) is 2.22. The smallest absolute Gasteiger partial charge is 0.100 e. The molecule has 4 heteroatoms. The van der Waals surface area contributed by atoms with Gasteiger partial charge in [0.15, 0.2) is 0 Å². The van der Waals surface area contributed by atoms with Crippen LogP contribution in [-0.2, 0) is 0 Å². The van der Waals surface area contributed by atoms with Crippen LogP contribution in [0.15, 0.2) is 24.3 Å². The monoisotopic (exact) mass is 265 g/mol. The van der Waals surface area contributed by atoms with Gasteiger partial charge in [-0.1, -0.05) is 23.7 Å². The van der Waals surface area contributed by atoms with E-state index in [1.54, 1.807) is 11.8 Å². The van der Waals surface area contributed by atoms with Crippen molar-refractivity contribution in [2.75, 3.05) is 0 Å². The maximum Gasteiger partial charge on any atom is 0.100 e. The highest BCUT2D eigenvalue weighted by Gasteiger charge is 2.51. The molecule has 2 rings (SSSR count). The number of rotatable bonds is 1. The first kappa shape index (κ1) is 10.9. The standard InChI is InChI=1S/C10H8Cl3S/c1-10(13)8(14-9(10)12)6-3-2-4-7(11)5-6/h2-5,8-9H,1H2. The third-order valence-corrected chi connectivity index (χ3v) is 5.58. The molecule has 0 aliphatic carbocycles. The third kappa shape index (κ3) is 1.76. The summed E-state index contributed by atoms with van der Waals surface area (Å²) in [6.45, 7) is 3.91. The molecule has 0 aromatic heterocycles. The molecule has 1 aromatic carbocycles. The van der Waals surface area contributed by atoms with E-state index in [0.717, 1.165) is 5.56 Å². The number of thioether (sulfide) groups is 1. The van der Waals surface area contributed by atoms with Crippen LogP contribution in [0.1, 0.15) is 10.8 Å². The van der Waals surface area contributed by atoms with Crippen molar-refractivity contribution in [2.45, 2.75) is 14.8 Å². The summed E-state index contributed by atoms with van der Waals surface area (Å²) in [4.78, 5) is -0.614. The summed E-state index contributed by atoms with van der Waals surface area (Å²) in [6, 6.07) is 7.65. The Morgan fingerprint density at radius 3 is 2.64 bits per heavy atom. The van der Waals surface area contributed by atoms with Crippen LogP contribution in [0.25, 0.3) is 0 Å². The van der Waals surface area contributed by atoms with Crippen LogP contribution >= 0.6 is 46.6 Å². The molecule has 1 aliphatic rings. The van der Waals surface area contributed by atoms with Crippen molar-refractivity contribution in [1.29, 1.82) is 0 Å². The first-order chi connectivity index (χ1) is 6.51. The molecule has 1 aromatic rings. The van der Waals surface area contributed by atoms with E-state index in [0.29, 0.717) is 5.02 Å². The highest BCUT2D eigenvalue weighted by molar-refractivity contribution is 8.03. The Morgan fingerprint density at radius 2 is 2.14 bits per heavy atom. The fourth-order valence-electron chi connectivity index (χ4n) is 1.42. The Bertz CT molecular complexity index is 351. The fourth-order valence-corrected chi connectivity index (χ4v) is 3.60. The number of halogens is 3. The minimum atomic E-state index is -0.614. The number of benzene rings is 1. The highest BCUT2D eigenvalue weighted by Crippen LogP contribution is 2.60. The van der Waals surface area contributed by atoms with Gasteiger partial charge < -0.3 is 0 Å². The minimum Gasteiger partial charge on any atom is -0.130 e. The minimum absolute atomic E-state index is 0.130. The zero-order chi connectivity index (χ0) is 10.3. The Labute approximate surface area is 103 Å². The van der Waals surface area contributed by atoms with Crippen LogP contribution in [0.5, 0.6) is 0 Å². The molecule has 0 nitrogen and oxygen atoms in total. The molecular formula is C10H8Cl3S. The van der Waals surface area contributed by atoms with Crippen molar-refractivity contribution in [1.82, 2.24) is 0 Å². The zero-order valence-corrected chi connectivity index (χ0v) is 10.3. The molecule has 14 heavy (non-hydrogen) atoms. The van der Waals surface area contributed by atoms with Gasteiger partial charge in [-0.05, 0) is 24.6 Å². The molecule has 0 saturated carbocycles. The fraction of sp³-hybridized carbons (Fsp3) is 0.300. The summed E-state index contributed by atoms with van der Waals surface area (Å²) in [5, 5.41) is 0.846. The SMILES string of the molecule is [CH2]C1(Cl)C(Cl)SC1c1cccc(Cl)c1. The summed E-state index contributed by atoms with van der Waals surface area (Å²) in [6.07, 6.45) is 0. The Kier molecular flexibility index (Phi) is 2.96. The quantitative estimate of drug-likeness (QED) is 0.674. The lowest BCUT2D eigenvalue weighted by Gasteiger charge is -2.46. The van der Waals surface area contributed by atoms with Gasteiger partial charge >= 0.3 is 0 Å². The molecule has 0 N–H and O–H groups in total. The van der Waals surface area contributed by atoms with Gasteiger partial charge in [-0.25, -0.2) is 0 Å². The Hall–Kier alpha value is 0.440. The van der Waals surface area contributed by atoms with Crippen LogP contribution in [0, 0.1) is 6.92 Å². The van der Waals surface area contributed by atoms with Crippen molar-refractivity contribution in [3.05, 3.63) is 41.8 Å². The van der Waals surface area contributed by atoms with Crippen molar-refractivity contribution in [2.24, 2.45) is 0 Å². The summed E-state index contributed by atoms with van der Waals surface area (Å²) >= 11 is 19.7. The van der Waals surface area contributed by atoms with Crippen molar-refractivity contribution in [3.63, 3.8) is 0 Å². The van der Waals surface area contributed by atoms with Gasteiger partial charge in [0.25, 0.3) is 0 Å². The molecule has 75 valence electrons. The van der Waals surface area contributed by atoms with E-state index in [-0.39, 0.29) is 9.96 Å². The molecule has 0 spiro atoms. The first-order valence-corrected chi connectivity index (χ1v) is 6.24. The summed E-state index contributed by atoms with van der Waals surface area (Å²) in [5.74, 6) is 0. The topological polar surface area (TPSA) is 0 Å². The van der Waals surface area contributed by atoms with Gasteiger partial charge in [-0.2, -0.15) is 0 Å². The van der Waals surface area contributed by atoms with E-state index in [4.69, 9.17) is 34.8 Å². The van der Waals surface area contributed by atoms with Crippen LogP contribution in [0.3, 0.4) is 0 Å². The average molecular weight is 267 g/mol. The molecule has 1 saturated heterocycles. The van der Waals surface area contributed by atoms with Gasteiger partial charge in [0, 0.05) is 5.02 Å². The van der Waals surface area contributed by atoms with Gasteiger partial charge in [0.05, 0.1) is 10.1 Å². The van der Waals surface area contributed by atoms with Gasteiger partial charge in [-0.3, -0.25) is 0 Å². The van der Waals surface area contributed by atoms with Crippen molar-refractivity contribution in [3.8, 4) is 0 Å². The normalized spacial score (nSPS) is 36.6. The summed E-state index contributed by atoms with van der Waals surface area (Å²) in [5.41, 5.74) is 1.09. The van der Waals surface area contributed by atoms with E-state index in [2.05, 4.69) is 6.92 Å². The number of hydrogen-bond donors (Lipinski definition) is 0. The first-order valence-electron chi connectivity index (χ1n) is 4.11. The van der Waals surface area contributed by atoms with E-state index in [1.165, 1.54) is 0 Å². The van der Waals surface area contributed by atoms with Gasteiger partial charge in [-0.15, -0.1) is 35.0 Å². The lowest BCUT2D eigenvalue weighted by Crippen LogP contribution is -2.43. The lowest BCUT2D eigenvalue weighted by molar-refractivity contribution is 0.674. The molecule has 1 radical (unpaired) electrons. The second-order valence-electron chi connectivity index (χ2n) is 3.31. The predicted molar refractivity (Wildman–Crippen MR) is 65.4 cm³/mol. The molecular weight excluding hydrogens is 259 g/mol. The van der Waals surface area contributed by atoms with Crippen LogP contribution in [0.4, 0.5) is 0 Å². The van der Waals surface area contributed by atoms with Crippen LogP contribution in [-0.4, -0.2) is 9.58 Å². The molecule has 1 fully saturated rings. The summed E-state index contributed by atoms with van der Waals surface area (Å²) in [7, 11) is 0. The zero-order valence-electron chi connectivity index (χ0n) is 7.21. The molecule has 3 atom stereocenters. The Morgan fingerprint density at radius 1 is 1.43 bits per heavy atom. The average Bonchev–Trinajstić information content (AvgIpc) is 2.14. The Balaban J connectivity index is 2.26. The highest BCUT2D eigenvalue weighted by atomic mass is 35.5. The maximum absolute atomic E-state index is 6.20. The van der Waals surface area contributed by atoms with Gasteiger partial charge in [0.2, 0.25) is 0 Å². The van der Waals surface area contributed by atoms with Crippen LogP contribution < -0.4 is 0 Å². The summed E-state index contributed by atoms with van der Waals surface area (Å²) < 4.78 is -0.131. The largest absolute Gasteiger partial charge is 0.130 e. The number of alkyl halides is 2. The van der Waals surface area contributed by atoms with Crippen molar-refractivity contribution < 1.29 is 0 Å².